The Labute approximate surface area is 227 Å². The molecular formula is C31H42FN3O3. The van der Waals surface area contributed by atoms with Gasteiger partial charge in [-0.05, 0) is 48.4 Å². The smallest absolute Gasteiger partial charge is 0.221 e. The Kier molecular flexibility index (Phi) is 21.5. The number of nitrogens with zero attached hydrogens (tertiary/aromatic N) is 1. The molecule has 1 amide bonds. The second-order valence-corrected chi connectivity index (χ2v) is 7.58. The molecule has 0 unspecified atom stereocenters. The second kappa shape index (κ2) is 23.7. The minimum atomic E-state index is -0.525. The molecule has 206 valence electrons. The van der Waals surface area contributed by atoms with Crippen LogP contribution in [-0.2, 0) is 16.2 Å². The van der Waals surface area contributed by atoms with Gasteiger partial charge in [-0.25, -0.2) is 9.28 Å². The zero-order chi connectivity index (χ0) is 28.4. The van der Waals surface area contributed by atoms with E-state index in [2.05, 4.69) is 52.1 Å². The number of anilines is 1. The number of pyridine rings is 1. The van der Waals surface area contributed by atoms with Gasteiger partial charge in [0.25, 0.3) is 0 Å². The Morgan fingerprint density at radius 3 is 2.45 bits per heavy atom. The molecule has 4 N–H and O–H groups in total. The number of rotatable bonds is 9. The number of carbonyl (C=O) groups is 1. The number of hydrogen-bond acceptors (Lipinski definition) is 5. The molecule has 0 radical (unpaired) electrons. The van der Waals surface area contributed by atoms with Gasteiger partial charge < -0.3 is 11.1 Å². The quantitative estimate of drug-likeness (QED) is 0.136. The zero-order valence-corrected chi connectivity index (χ0v) is 22.8. The summed E-state index contributed by atoms with van der Waals surface area (Å²) in [6, 6.07) is 9.46. The van der Waals surface area contributed by atoms with Crippen molar-refractivity contribution in [3.8, 4) is 0 Å². The van der Waals surface area contributed by atoms with Crippen molar-refractivity contribution in [2.45, 2.75) is 53.0 Å². The fourth-order valence-corrected chi connectivity index (χ4v) is 3.12. The van der Waals surface area contributed by atoms with Gasteiger partial charge in [0.1, 0.15) is 6.61 Å². The van der Waals surface area contributed by atoms with E-state index < -0.39 is 5.82 Å². The van der Waals surface area contributed by atoms with Crippen LogP contribution in [-0.4, -0.2) is 22.8 Å². The van der Waals surface area contributed by atoms with Crippen molar-refractivity contribution in [3.05, 3.63) is 115 Å². The second-order valence-electron chi connectivity index (χ2n) is 7.58. The number of allylic oxidation sites excluding steroid dienone is 8. The van der Waals surface area contributed by atoms with Crippen LogP contribution in [0, 0.1) is 5.82 Å². The molecule has 1 aliphatic rings. The van der Waals surface area contributed by atoms with E-state index in [9.17, 15) is 9.18 Å². The number of unbranched alkanes of at least 4 members (excludes halogenated alkanes) is 1. The van der Waals surface area contributed by atoms with E-state index in [1.54, 1.807) is 0 Å². The van der Waals surface area contributed by atoms with Crippen molar-refractivity contribution in [2.75, 3.05) is 11.9 Å². The number of aromatic nitrogens is 1. The van der Waals surface area contributed by atoms with Crippen LogP contribution in [0.5, 0.6) is 0 Å². The number of hydrogen-bond donors (Lipinski definition) is 3. The van der Waals surface area contributed by atoms with Gasteiger partial charge in [-0.3, -0.25) is 15.0 Å². The Morgan fingerprint density at radius 2 is 1.87 bits per heavy atom. The summed E-state index contributed by atoms with van der Waals surface area (Å²) in [7, 11) is 0. The highest BCUT2D eigenvalue weighted by atomic mass is 19.1. The van der Waals surface area contributed by atoms with Crippen LogP contribution in [0.15, 0.2) is 97.9 Å². The predicted octanol–water partition coefficient (Wildman–Crippen LogP) is 7.64. The van der Waals surface area contributed by atoms with Crippen molar-refractivity contribution in [3.63, 3.8) is 0 Å². The molecule has 0 saturated carbocycles. The van der Waals surface area contributed by atoms with Crippen molar-refractivity contribution in [1.29, 1.82) is 0 Å². The molecular weight excluding hydrogens is 481 g/mol. The van der Waals surface area contributed by atoms with Crippen LogP contribution >= 0.6 is 0 Å². The van der Waals surface area contributed by atoms with Crippen molar-refractivity contribution in [1.82, 2.24) is 4.98 Å². The van der Waals surface area contributed by atoms with Gasteiger partial charge in [0, 0.05) is 19.7 Å². The lowest BCUT2D eigenvalue weighted by atomic mass is 9.95. The highest BCUT2D eigenvalue weighted by molar-refractivity contribution is 5.88. The molecule has 1 heterocycles. The summed E-state index contributed by atoms with van der Waals surface area (Å²) in [5, 5.41) is 10.8. The monoisotopic (exact) mass is 523 g/mol. The molecule has 0 bridgehead atoms. The Balaban J connectivity index is 0.000000578. The molecule has 7 heteroatoms. The predicted molar refractivity (Wildman–Crippen MR) is 157 cm³/mol. The molecule has 0 aliphatic heterocycles. The largest absolute Gasteiger partial charge is 0.326 e. The van der Waals surface area contributed by atoms with Crippen LogP contribution in [0.3, 0.4) is 0 Å². The lowest BCUT2D eigenvalue weighted by Gasteiger charge is -2.12. The first kappa shape index (κ1) is 34.4. The van der Waals surface area contributed by atoms with E-state index in [1.807, 2.05) is 56.4 Å². The maximum atomic E-state index is 12.7. The lowest BCUT2D eigenvalue weighted by Crippen LogP contribution is -2.07. The van der Waals surface area contributed by atoms with Gasteiger partial charge in [0.2, 0.25) is 5.91 Å². The fourth-order valence-electron chi connectivity index (χ4n) is 3.12. The molecule has 0 fully saturated rings. The highest BCUT2D eigenvalue weighted by Gasteiger charge is 2.06. The van der Waals surface area contributed by atoms with E-state index >= 15 is 0 Å². The number of nitrogens with two attached hydrogens (primary N) is 1. The van der Waals surface area contributed by atoms with Gasteiger partial charge in [-0.1, -0.05) is 86.7 Å². The summed E-state index contributed by atoms with van der Waals surface area (Å²) in [5.74, 6) is -0.821. The first-order valence-corrected chi connectivity index (χ1v) is 12.7. The van der Waals surface area contributed by atoms with E-state index in [-0.39, 0.29) is 18.2 Å². The average molecular weight is 524 g/mol. The van der Waals surface area contributed by atoms with E-state index in [0.29, 0.717) is 6.54 Å². The number of carbonyl (C=O) groups excluding carboxylic acids is 1. The summed E-state index contributed by atoms with van der Waals surface area (Å²) in [6.45, 7) is 9.75. The molecule has 2 aromatic rings. The molecule has 3 rings (SSSR count). The molecule has 1 aliphatic carbocycles. The molecule has 6 nitrogen and oxygen atoms in total. The summed E-state index contributed by atoms with van der Waals surface area (Å²) >= 11 is 0. The van der Waals surface area contributed by atoms with Crippen molar-refractivity contribution >= 4 is 17.2 Å². The molecule has 0 spiro atoms. The third-order valence-corrected chi connectivity index (χ3v) is 4.80. The zero-order valence-electron chi connectivity index (χ0n) is 22.8. The summed E-state index contributed by atoms with van der Waals surface area (Å²) in [4.78, 5) is 18.1. The number of halogens is 1. The number of nitrogens with one attached hydrogen (secondary N) is 1. The normalized spacial score (nSPS) is 11.5. The Morgan fingerprint density at radius 1 is 1.18 bits per heavy atom. The first-order valence-electron chi connectivity index (χ1n) is 12.7. The van der Waals surface area contributed by atoms with Crippen LogP contribution in [0.2, 0.25) is 0 Å². The minimum Gasteiger partial charge on any atom is -0.326 e. The average Bonchev–Trinajstić information content (AvgIpc) is 3.27. The summed E-state index contributed by atoms with van der Waals surface area (Å²) < 4.78 is 12.7. The van der Waals surface area contributed by atoms with Crippen LogP contribution in [0.4, 0.5) is 10.1 Å². The molecule has 38 heavy (non-hydrogen) atoms. The first-order chi connectivity index (χ1) is 18.5. The van der Waals surface area contributed by atoms with Gasteiger partial charge in [-0.2, -0.15) is 0 Å². The fraction of sp³-hybridized carbons (Fsp3) is 0.290. The number of amides is 1. The maximum absolute atomic E-state index is 12.7. The minimum absolute atomic E-state index is 0.160. The third kappa shape index (κ3) is 16.2. The van der Waals surface area contributed by atoms with Crippen molar-refractivity contribution < 1.29 is 19.3 Å². The highest BCUT2D eigenvalue weighted by Crippen LogP contribution is 2.24. The summed E-state index contributed by atoms with van der Waals surface area (Å²) in [5.41, 5.74) is 9.32. The van der Waals surface area contributed by atoms with Crippen LogP contribution in [0.1, 0.15) is 57.6 Å². The van der Waals surface area contributed by atoms with Crippen molar-refractivity contribution in [2.24, 2.45) is 5.73 Å². The van der Waals surface area contributed by atoms with E-state index in [1.165, 1.54) is 19.2 Å². The standard InChI is InChI=1S/C15H21NO2.C7H7FN2O.C7H8.C2H6/c1-2-3-4-7-13(10-11-18-17)15-9-6-5-8-14(15)12-16;1-5(11)10-7-2-3-9-4-6(7)8;1-2-4-6-7-5-3-1;1-2/h2,5-6,8-10,17H,1,3-4,7,11-12,16H2;2-4H,1H3,(H,9,10,11);1-6H,7H2;1-2H3/b13-10+;;;. The lowest BCUT2D eigenvalue weighted by molar-refractivity contribution is -0.231. The maximum Gasteiger partial charge on any atom is 0.221 e. The third-order valence-electron chi connectivity index (χ3n) is 4.80. The molecule has 1 aromatic heterocycles. The van der Waals surface area contributed by atoms with Gasteiger partial charge in [-0.15, -0.1) is 6.58 Å². The number of benzene rings is 1. The van der Waals surface area contributed by atoms with Crippen LogP contribution in [0.25, 0.3) is 5.57 Å². The topological polar surface area (TPSA) is 97.5 Å². The van der Waals surface area contributed by atoms with E-state index in [4.69, 9.17) is 11.0 Å². The molecule has 0 atom stereocenters. The molecule has 1 aromatic carbocycles. The summed E-state index contributed by atoms with van der Waals surface area (Å²) in [6.07, 6.45) is 22.7. The van der Waals surface area contributed by atoms with Crippen LogP contribution < -0.4 is 11.1 Å². The van der Waals surface area contributed by atoms with Gasteiger partial charge in [0.15, 0.2) is 5.82 Å². The SMILES string of the molecule is C1=CC=CCC=C1.C=CCCC/C(=C\COO)c1ccccc1CN.CC.CC(=O)Nc1ccncc1F. The Bertz CT molecular complexity index is 1030. The van der Waals surface area contributed by atoms with Gasteiger partial charge in [0.05, 0.1) is 11.9 Å². The van der Waals surface area contributed by atoms with E-state index in [0.717, 1.165) is 48.6 Å². The van der Waals surface area contributed by atoms with Gasteiger partial charge >= 0.3 is 0 Å². The Hall–Kier alpha value is -3.65. The molecule has 0 saturated heterocycles.